The molecule has 1 aliphatic rings. The molecule has 4 nitrogen and oxygen atoms in total. The van der Waals surface area contributed by atoms with Gasteiger partial charge in [-0.2, -0.15) is 0 Å². The molecule has 0 aromatic heterocycles. The summed E-state index contributed by atoms with van der Waals surface area (Å²) < 4.78 is 13.8. The molecule has 2 rings (SSSR count). The zero-order chi connectivity index (χ0) is 12.4. The summed E-state index contributed by atoms with van der Waals surface area (Å²) in [7, 11) is 0. The van der Waals surface area contributed by atoms with Crippen molar-refractivity contribution in [2.45, 2.75) is 13.0 Å². The topological polar surface area (TPSA) is 53.5 Å². The van der Waals surface area contributed by atoms with Gasteiger partial charge in [-0.05, 0) is 25.1 Å². The van der Waals surface area contributed by atoms with Crippen molar-refractivity contribution >= 4 is 27.8 Å². The number of benzene rings is 1. The molecule has 90 valence electrons. The molecule has 1 aliphatic heterocycles. The maximum absolute atomic E-state index is 13.2. The minimum Gasteiger partial charge on any atom is -0.340 e. The first-order valence-corrected chi connectivity index (χ1v) is 5.98. The van der Waals surface area contributed by atoms with Gasteiger partial charge in [0.05, 0.1) is 0 Å². The number of hydrogen-bond acceptors (Lipinski definition) is 2. The Morgan fingerprint density at radius 3 is 3.00 bits per heavy atom. The number of hydrogen-bond donors (Lipinski definition) is 2. The van der Waals surface area contributed by atoms with E-state index in [2.05, 4.69) is 31.6 Å². The third kappa shape index (κ3) is 2.46. The van der Waals surface area contributed by atoms with Crippen molar-refractivity contribution in [2.75, 3.05) is 6.54 Å². The van der Waals surface area contributed by atoms with Crippen LogP contribution < -0.4 is 10.6 Å². The molecule has 17 heavy (non-hydrogen) atoms. The molecule has 1 unspecified atom stereocenters. The number of carbonyl (C=O) groups excluding carboxylic acids is 1. The minimum absolute atomic E-state index is 0.233. The fraction of sp³-hybridized carbons (Fsp3) is 0.273. The summed E-state index contributed by atoms with van der Waals surface area (Å²) in [5, 5.41) is 5.53. The van der Waals surface area contributed by atoms with Crippen molar-refractivity contribution in [3.63, 3.8) is 0 Å². The zero-order valence-corrected chi connectivity index (χ0v) is 10.7. The Morgan fingerprint density at radius 2 is 2.29 bits per heavy atom. The summed E-state index contributed by atoms with van der Waals surface area (Å²) >= 11 is 3.30. The van der Waals surface area contributed by atoms with Crippen LogP contribution in [0.3, 0.4) is 0 Å². The first-order valence-electron chi connectivity index (χ1n) is 5.18. The zero-order valence-electron chi connectivity index (χ0n) is 9.13. The number of carbonyl (C=O) groups is 1. The number of nitrogens with one attached hydrogen (secondary N) is 2. The van der Waals surface area contributed by atoms with Gasteiger partial charge >= 0.3 is 0 Å². The Bertz CT molecular complexity index is 490. The molecule has 0 radical (unpaired) electrons. The number of rotatable bonds is 2. The number of halogens is 2. The highest BCUT2D eigenvalue weighted by atomic mass is 79.9. The Labute approximate surface area is 106 Å². The predicted octanol–water partition coefficient (Wildman–Crippen LogP) is 1.72. The molecule has 1 fully saturated rings. The minimum atomic E-state index is -0.606. The maximum Gasteiger partial charge on any atom is 0.253 e. The van der Waals surface area contributed by atoms with Crippen LogP contribution in [0.2, 0.25) is 0 Å². The van der Waals surface area contributed by atoms with Gasteiger partial charge in [-0.25, -0.2) is 4.39 Å². The van der Waals surface area contributed by atoms with E-state index in [1.165, 1.54) is 12.1 Å². The van der Waals surface area contributed by atoms with Crippen LogP contribution in [-0.2, 0) is 4.79 Å². The lowest BCUT2D eigenvalue weighted by Crippen LogP contribution is -2.25. The van der Waals surface area contributed by atoms with Gasteiger partial charge in [-0.15, -0.1) is 0 Å². The van der Waals surface area contributed by atoms with E-state index in [-0.39, 0.29) is 11.7 Å². The highest BCUT2D eigenvalue weighted by molar-refractivity contribution is 9.10. The first kappa shape index (κ1) is 12.0. The van der Waals surface area contributed by atoms with Crippen LogP contribution in [0.5, 0.6) is 0 Å². The van der Waals surface area contributed by atoms with E-state index < -0.39 is 6.04 Å². The normalized spacial score (nSPS) is 21.5. The molecule has 0 bridgehead atoms. The van der Waals surface area contributed by atoms with Crippen LogP contribution in [0, 0.1) is 5.82 Å². The van der Waals surface area contributed by atoms with E-state index >= 15 is 0 Å². The van der Waals surface area contributed by atoms with Crippen molar-refractivity contribution in [2.24, 2.45) is 4.99 Å². The molecule has 1 amide bonds. The predicted molar refractivity (Wildman–Crippen MR) is 66.1 cm³/mol. The highest BCUT2D eigenvalue weighted by Crippen LogP contribution is 2.26. The number of amides is 1. The first-order chi connectivity index (χ1) is 8.11. The number of nitrogens with zero attached hydrogens (tertiary/aromatic N) is 1. The molecule has 2 N–H and O–H groups in total. The summed E-state index contributed by atoms with van der Waals surface area (Å²) in [5.74, 6) is -0.180. The number of guanidine groups is 1. The fourth-order valence-electron chi connectivity index (χ4n) is 1.63. The third-order valence-electron chi connectivity index (χ3n) is 2.37. The molecule has 0 saturated carbocycles. The summed E-state index contributed by atoms with van der Waals surface area (Å²) in [5.41, 5.74) is 0.559. The van der Waals surface area contributed by atoms with Gasteiger partial charge in [-0.1, -0.05) is 15.9 Å². The second-order valence-electron chi connectivity index (χ2n) is 3.56. The SMILES string of the molecule is CCN=C1NC(=O)C(c2cc(F)ccc2Br)N1. The van der Waals surface area contributed by atoms with Crippen LogP contribution in [0.1, 0.15) is 18.5 Å². The second kappa shape index (κ2) is 4.83. The highest BCUT2D eigenvalue weighted by Gasteiger charge is 2.31. The summed E-state index contributed by atoms with van der Waals surface area (Å²) in [6.45, 7) is 2.44. The van der Waals surface area contributed by atoms with Gasteiger partial charge < -0.3 is 5.32 Å². The molecular weight excluding hydrogens is 289 g/mol. The quantitative estimate of drug-likeness (QED) is 0.874. The van der Waals surface area contributed by atoms with Gasteiger partial charge in [0.15, 0.2) is 5.96 Å². The molecule has 1 saturated heterocycles. The summed E-state index contributed by atoms with van der Waals surface area (Å²) in [6, 6.07) is 3.64. The largest absolute Gasteiger partial charge is 0.340 e. The monoisotopic (exact) mass is 299 g/mol. The molecule has 1 atom stereocenters. The van der Waals surface area contributed by atoms with Crippen LogP contribution in [0.25, 0.3) is 0 Å². The smallest absolute Gasteiger partial charge is 0.253 e. The Kier molecular flexibility index (Phi) is 3.42. The van der Waals surface area contributed by atoms with Gasteiger partial charge in [0.1, 0.15) is 11.9 Å². The van der Waals surface area contributed by atoms with E-state index in [1.807, 2.05) is 6.92 Å². The van der Waals surface area contributed by atoms with E-state index in [0.29, 0.717) is 22.5 Å². The maximum atomic E-state index is 13.2. The molecule has 0 aliphatic carbocycles. The third-order valence-corrected chi connectivity index (χ3v) is 3.09. The molecule has 0 spiro atoms. The van der Waals surface area contributed by atoms with E-state index in [9.17, 15) is 9.18 Å². The van der Waals surface area contributed by atoms with Crippen LogP contribution >= 0.6 is 15.9 Å². The van der Waals surface area contributed by atoms with E-state index in [0.717, 1.165) is 0 Å². The van der Waals surface area contributed by atoms with Gasteiger partial charge in [0, 0.05) is 16.6 Å². The van der Waals surface area contributed by atoms with Crippen molar-refractivity contribution in [1.29, 1.82) is 0 Å². The van der Waals surface area contributed by atoms with Crippen LogP contribution in [0.15, 0.2) is 27.7 Å². The standard InChI is InChI=1S/C11H11BrFN3O/c1-2-14-11-15-9(10(17)16-11)7-5-6(13)3-4-8(7)12/h3-5,9H,2H2,1H3,(H2,14,15,16,17). The lowest BCUT2D eigenvalue weighted by atomic mass is 10.1. The van der Waals surface area contributed by atoms with E-state index in [4.69, 9.17) is 0 Å². The second-order valence-corrected chi connectivity index (χ2v) is 4.41. The van der Waals surface area contributed by atoms with Crippen molar-refractivity contribution < 1.29 is 9.18 Å². The molecule has 6 heteroatoms. The lowest BCUT2D eigenvalue weighted by molar-refractivity contribution is -0.120. The van der Waals surface area contributed by atoms with Crippen molar-refractivity contribution in [3.8, 4) is 0 Å². The molecule has 1 heterocycles. The molecule has 1 aromatic carbocycles. The average molecular weight is 300 g/mol. The Morgan fingerprint density at radius 1 is 1.53 bits per heavy atom. The number of aliphatic imine (C=N–C) groups is 1. The Balaban J connectivity index is 2.32. The molecule has 1 aromatic rings. The van der Waals surface area contributed by atoms with Crippen molar-refractivity contribution in [3.05, 3.63) is 34.1 Å². The summed E-state index contributed by atoms with van der Waals surface area (Å²) in [6.07, 6.45) is 0. The summed E-state index contributed by atoms with van der Waals surface area (Å²) in [4.78, 5) is 15.8. The molecular formula is C11H11BrFN3O. The van der Waals surface area contributed by atoms with Crippen LogP contribution in [0.4, 0.5) is 4.39 Å². The van der Waals surface area contributed by atoms with Gasteiger partial charge in [0.25, 0.3) is 5.91 Å². The lowest BCUT2D eigenvalue weighted by Gasteiger charge is -2.10. The van der Waals surface area contributed by atoms with Gasteiger partial charge in [-0.3, -0.25) is 15.1 Å². The van der Waals surface area contributed by atoms with E-state index in [1.54, 1.807) is 6.07 Å². The van der Waals surface area contributed by atoms with Crippen molar-refractivity contribution in [1.82, 2.24) is 10.6 Å². The van der Waals surface area contributed by atoms with Gasteiger partial charge in [0.2, 0.25) is 0 Å². The fourth-order valence-corrected chi connectivity index (χ4v) is 2.10. The Hall–Kier alpha value is -1.43. The average Bonchev–Trinajstić information content (AvgIpc) is 2.64. The van der Waals surface area contributed by atoms with Crippen LogP contribution in [-0.4, -0.2) is 18.4 Å².